The Kier molecular flexibility index (Phi) is 5.86. The molecular formula is C23H19ClN4O2. The normalized spacial score (nSPS) is 10.8. The molecule has 0 atom stereocenters. The Morgan fingerprint density at radius 1 is 0.967 bits per heavy atom. The number of rotatable bonds is 7. The van der Waals surface area contributed by atoms with E-state index in [0.29, 0.717) is 29.2 Å². The number of carbonyl (C=O) groups excluding carboxylic acids is 2. The van der Waals surface area contributed by atoms with E-state index in [1.54, 1.807) is 48.7 Å². The maximum absolute atomic E-state index is 12.8. The number of nitrogens with zero attached hydrogens (tertiary/aromatic N) is 3. The zero-order chi connectivity index (χ0) is 20.9. The van der Waals surface area contributed by atoms with Crippen LogP contribution in [0.3, 0.4) is 0 Å². The van der Waals surface area contributed by atoms with Crippen molar-refractivity contribution < 1.29 is 9.59 Å². The molecule has 0 fully saturated rings. The first-order valence-corrected chi connectivity index (χ1v) is 9.92. The van der Waals surface area contributed by atoms with Gasteiger partial charge in [-0.2, -0.15) is 0 Å². The van der Waals surface area contributed by atoms with E-state index >= 15 is 0 Å². The molecule has 4 rings (SSSR count). The number of aromatic nitrogens is 3. The Balaban J connectivity index is 1.52. The van der Waals surface area contributed by atoms with Crippen molar-refractivity contribution in [3.63, 3.8) is 0 Å². The lowest BCUT2D eigenvalue weighted by molar-refractivity contribution is 0.0944. The lowest BCUT2D eigenvalue weighted by Gasteiger charge is -2.10. The summed E-state index contributed by atoms with van der Waals surface area (Å²) in [4.78, 5) is 33.7. The van der Waals surface area contributed by atoms with Crippen LogP contribution >= 0.6 is 11.6 Å². The summed E-state index contributed by atoms with van der Waals surface area (Å²) in [6, 6.07) is 19.7. The summed E-state index contributed by atoms with van der Waals surface area (Å²) in [5, 5.41) is 3.44. The molecule has 0 aliphatic carbocycles. The summed E-state index contributed by atoms with van der Waals surface area (Å²) in [5.74, 6) is 0.462. The monoisotopic (exact) mass is 418 g/mol. The fourth-order valence-corrected chi connectivity index (χ4v) is 3.36. The van der Waals surface area contributed by atoms with Crippen molar-refractivity contribution >= 4 is 34.3 Å². The van der Waals surface area contributed by atoms with Gasteiger partial charge in [-0.05, 0) is 48.5 Å². The van der Waals surface area contributed by atoms with E-state index in [2.05, 4.69) is 15.3 Å². The van der Waals surface area contributed by atoms with Crippen LogP contribution in [0.15, 0.2) is 72.9 Å². The summed E-state index contributed by atoms with van der Waals surface area (Å²) >= 11 is 5.92. The van der Waals surface area contributed by atoms with Crippen molar-refractivity contribution in [3.05, 3.63) is 95.0 Å². The summed E-state index contributed by atoms with van der Waals surface area (Å²) in [5.41, 5.74) is 2.65. The van der Waals surface area contributed by atoms with E-state index < -0.39 is 0 Å². The molecule has 6 nitrogen and oxygen atoms in total. The van der Waals surface area contributed by atoms with Crippen LogP contribution in [-0.2, 0) is 13.0 Å². The van der Waals surface area contributed by atoms with Crippen LogP contribution in [0.25, 0.3) is 11.0 Å². The Labute approximate surface area is 178 Å². The Bertz CT molecular complexity index is 1190. The van der Waals surface area contributed by atoms with Crippen LogP contribution < -0.4 is 5.32 Å². The molecule has 2 heterocycles. The molecule has 0 bridgehead atoms. The number of amides is 1. The van der Waals surface area contributed by atoms with E-state index in [-0.39, 0.29) is 18.2 Å². The zero-order valence-corrected chi connectivity index (χ0v) is 16.8. The average Bonchev–Trinajstić information content (AvgIpc) is 3.12. The number of para-hydroxylation sites is 2. The van der Waals surface area contributed by atoms with Crippen LogP contribution in [-0.4, -0.2) is 32.8 Å². The van der Waals surface area contributed by atoms with Crippen LogP contribution in [0.1, 0.15) is 26.7 Å². The summed E-state index contributed by atoms with van der Waals surface area (Å²) in [7, 11) is 0. The van der Waals surface area contributed by atoms with E-state index in [1.807, 2.05) is 28.8 Å². The van der Waals surface area contributed by atoms with Gasteiger partial charge in [-0.1, -0.05) is 29.8 Å². The number of ketones is 1. The number of imidazole rings is 1. The topological polar surface area (TPSA) is 76.9 Å². The lowest BCUT2D eigenvalue weighted by Crippen LogP contribution is -2.27. The molecule has 4 aromatic rings. The van der Waals surface area contributed by atoms with E-state index in [1.165, 1.54) is 0 Å². The number of fused-ring (bicyclic) bond motifs is 1. The van der Waals surface area contributed by atoms with E-state index in [0.717, 1.165) is 16.9 Å². The van der Waals surface area contributed by atoms with E-state index in [9.17, 15) is 9.59 Å². The summed E-state index contributed by atoms with van der Waals surface area (Å²) in [6.07, 6.45) is 2.07. The van der Waals surface area contributed by atoms with Gasteiger partial charge in [-0.25, -0.2) is 4.98 Å². The third-order valence-electron chi connectivity index (χ3n) is 4.73. The lowest BCUT2D eigenvalue weighted by atomic mass is 10.1. The third kappa shape index (κ3) is 4.39. The highest BCUT2D eigenvalue weighted by atomic mass is 35.5. The smallest absolute Gasteiger partial charge is 0.269 e. The highest BCUT2D eigenvalue weighted by molar-refractivity contribution is 6.30. The average molecular weight is 419 g/mol. The molecule has 1 N–H and O–H groups in total. The van der Waals surface area contributed by atoms with Gasteiger partial charge in [0.1, 0.15) is 11.5 Å². The van der Waals surface area contributed by atoms with Crippen molar-refractivity contribution in [2.45, 2.75) is 13.0 Å². The number of halogens is 1. The minimum absolute atomic E-state index is 0.0337. The maximum atomic E-state index is 12.8. The molecule has 30 heavy (non-hydrogen) atoms. The van der Waals surface area contributed by atoms with Gasteiger partial charge in [0, 0.05) is 29.7 Å². The van der Waals surface area contributed by atoms with E-state index in [4.69, 9.17) is 11.6 Å². The summed E-state index contributed by atoms with van der Waals surface area (Å²) in [6.45, 7) is 0.541. The molecule has 0 saturated carbocycles. The fourth-order valence-electron chi connectivity index (χ4n) is 3.24. The molecule has 7 heteroatoms. The van der Waals surface area contributed by atoms with Gasteiger partial charge >= 0.3 is 0 Å². The largest absolute Gasteiger partial charge is 0.350 e. The van der Waals surface area contributed by atoms with Gasteiger partial charge in [0.2, 0.25) is 0 Å². The molecule has 0 unspecified atom stereocenters. The van der Waals surface area contributed by atoms with Crippen LogP contribution in [0.5, 0.6) is 0 Å². The first kappa shape index (κ1) is 19.8. The number of hydrogen-bond acceptors (Lipinski definition) is 4. The Morgan fingerprint density at radius 2 is 1.73 bits per heavy atom. The van der Waals surface area contributed by atoms with Crippen molar-refractivity contribution in [2.24, 2.45) is 0 Å². The molecule has 150 valence electrons. The molecule has 0 aliphatic heterocycles. The second kappa shape index (κ2) is 8.88. The minimum Gasteiger partial charge on any atom is -0.350 e. The Hall–Kier alpha value is -3.51. The first-order chi connectivity index (χ1) is 14.6. The van der Waals surface area contributed by atoms with Crippen LogP contribution in [0.4, 0.5) is 0 Å². The molecule has 2 aromatic heterocycles. The van der Waals surface area contributed by atoms with Crippen LogP contribution in [0.2, 0.25) is 5.02 Å². The first-order valence-electron chi connectivity index (χ1n) is 9.54. The van der Waals surface area contributed by atoms with Crippen molar-refractivity contribution in [3.8, 4) is 0 Å². The van der Waals surface area contributed by atoms with Gasteiger partial charge in [-0.15, -0.1) is 0 Å². The molecule has 2 aromatic carbocycles. The van der Waals surface area contributed by atoms with Gasteiger partial charge in [0.05, 0.1) is 17.6 Å². The number of pyridine rings is 1. The number of carbonyl (C=O) groups is 2. The molecule has 0 saturated heterocycles. The second-order valence-corrected chi connectivity index (χ2v) is 7.19. The molecule has 0 radical (unpaired) electrons. The fraction of sp³-hybridized carbons (Fsp3) is 0.130. The minimum atomic E-state index is -0.240. The number of Topliss-reactive ketones (excluding diaryl/α,β-unsaturated/α-hetero) is 1. The molecular weight excluding hydrogens is 400 g/mol. The highest BCUT2D eigenvalue weighted by Gasteiger charge is 2.15. The third-order valence-corrected chi connectivity index (χ3v) is 4.99. The van der Waals surface area contributed by atoms with Crippen molar-refractivity contribution in [1.29, 1.82) is 0 Å². The number of hydrogen-bond donors (Lipinski definition) is 1. The van der Waals surface area contributed by atoms with Gasteiger partial charge in [0.25, 0.3) is 5.91 Å². The SMILES string of the molecule is O=C(Cn1c(CCNC(=O)c2ccccn2)nc2ccccc21)c1ccc(Cl)cc1. The predicted molar refractivity (Wildman–Crippen MR) is 116 cm³/mol. The Morgan fingerprint density at radius 3 is 2.50 bits per heavy atom. The maximum Gasteiger partial charge on any atom is 0.269 e. The van der Waals surface area contributed by atoms with Gasteiger partial charge < -0.3 is 9.88 Å². The zero-order valence-electron chi connectivity index (χ0n) is 16.1. The van der Waals surface area contributed by atoms with Gasteiger partial charge in [-0.3, -0.25) is 14.6 Å². The van der Waals surface area contributed by atoms with Crippen molar-refractivity contribution in [2.75, 3.05) is 6.54 Å². The quantitative estimate of drug-likeness (QED) is 0.461. The second-order valence-electron chi connectivity index (χ2n) is 6.75. The van der Waals surface area contributed by atoms with Crippen LogP contribution in [0, 0.1) is 0 Å². The highest BCUT2D eigenvalue weighted by Crippen LogP contribution is 2.18. The van der Waals surface area contributed by atoms with Crippen molar-refractivity contribution in [1.82, 2.24) is 19.9 Å². The number of nitrogens with one attached hydrogen (secondary N) is 1. The van der Waals surface area contributed by atoms with Gasteiger partial charge in [0.15, 0.2) is 5.78 Å². The standard InChI is InChI=1S/C23H19ClN4O2/c24-17-10-8-16(9-11-17)21(29)15-28-20-7-2-1-5-18(20)27-22(28)12-14-26-23(30)19-6-3-4-13-25-19/h1-11,13H,12,14-15H2,(H,26,30). The predicted octanol–water partition coefficient (Wildman–Crippen LogP) is 3.94. The number of benzene rings is 2. The molecule has 0 aliphatic rings. The summed E-state index contributed by atoms with van der Waals surface area (Å²) < 4.78 is 1.90. The molecule has 0 spiro atoms. The molecule has 1 amide bonds.